The largest absolute Gasteiger partial charge is 0.310 e. The first kappa shape index (κ1) is 15.0. The molecule has 3 nitrogen and oxygen atoms in total. The van der Waals surface area contributed by atoms with Crippen molar-refractivity contribution in [3.63, 3.8) is 0 Å². The van der Waals surface area contributed by atoms with Crippen LogP contribution in [-0.4, -0.2) is 26.7 Å². The van der Waals surface area contributed by atoms with Crippen LogP contribution < -0.4 is 5.56 Å². The number of nitrogens with one attached hydrogen (secondary N) is 1. The average Bonchev–Trinajstić information content (AvgIpc) is 2.37. The first-order valence-corrected chi connectivity index (χ1v) is 9.03. The Balaban J connectivity index is 2.27. The number of nitrogens with zero attached hydrogens (tertiary/aromatic N) is 1. The molecular weight excluding hydrogens is 276 g/mol. The van der Waals surface area contributed by atoms with Crippen LogP contribution >= 0.6 is 23.5 Å². The smallest absolute Gasteiger partial charge is 0.251 e. The Hall–Kier alpha value is -0.420. The number of H-pyrrole nitrogens is 1. The van der Waals surface area contributed by atoms with Gasteiger partial charge in [0.2, 0.25) is 0 Å². The first-order valence-electron chi connectivity index (χ1n) is 6.93. The molecule has 0 amide bonds. The normalized spacial score (nSPS) is 23.8. The lowest BCUT2D eigenvalue weighted by Crippen LogP contribution is -2.24. The van der Waals surface area contributed by atoms with E-state index in [1.54, 1.807) is 6.07 Å². The van der Waals surface area contributed by atoms with Gasteiger partial charge in [0.05, 0.1) is 5.25 Å². The van der Waals surface area contributed by atoms with Crippen molar-refractivity contribution < 1.29 is 0 Å². The molecule has 1 aliphatic heterocycles. The number of rotatable bonds is 4. The summed E-state index contributed by atoms with van der Waals surface area (Å²) in [6.45, 7) is 6.53. The molecule has 1 N–H and O–H groups in total. The van der Waals surface area contributed by atoms with E-state index in [-0.39, 0.29) is 5.56 Å². The maximum Gasteiger partial charge on any atom is 0.251 e. The Morgan fingerprint density at radius 2 is 2.16 bits per heavy atom. The van der Waals surface area contributed by atoms with Gasteiger partial charge in [-0.2, -0.15) is 11.8 Å². The van der Waals surface area contributed by atoms with E-state index in [0.29, 0.717) is 16.4 Å². The zero-order chi connectivity index (χ0) is 13.8. The number of aromatic amines is 1. The molecule has 1 aliphatic rings. The number of hydrogen-bond donors (Lipinski definition) is 1. The van der Waals surface area contributed by atoms with Gasteiger partial charge >= 0.3 is 0 Å². The Morgan fingerprint density at radius 1 is 1.42 bits per heavy atom. The zero-order valence-corrected chi connectivity index (χ0v) is 13.4. The Kier molecular flexibility index (Phi) is 5.39. The zero-order valence-electron chi connectivity index (χ0n) is 11.8. The summed E-state index contributed by atoms with van der Waals surface area (Å²) in [6, 6.07) is 1.64. The second-order valence-corrected chi connectivity index (χ2v) is 7.93. The molecule has 2 atom stereocenters. The van der Waals surface area contributed by atoms with Crippen LogP contribution in [0.1, 0.15) is 44.0 Å². The topological polar surface area (TPSA) is 45.8 Å². The summed E-state index contributed by atoms with van der Waals surface area (Å²) < 4.78 is 0. The lowest BCUT2D eigenvalue weighted by molar-refractivity contribution is 0.625. The van der Waals surface area contributed by atoms with Crippen molar-refractivity contribution in [2.24, 2.45) is 5.92 Å². The molecule has 19 heavy (non-hydrogen) atoms. The Labute approximate surface area is 123 Å². The van der Waals surface area contributed by atoms with Crippen molar-refractivity contribution in [1.29, 1.82) is 0 Å². The van der Waals surface area contributed by atoms with E-state index in [0.717, 1.165) is 30.1 Å². The summed E-state index contributed by atoms with van der Waals surface area (Å²) in [5.41, 5.74) is 0.923. The molecule has 0 saturated carbocycles. The highest BCUT2D eigenvalue weighted by molar-refractivity contribution is 8.06. The molecular formula is C14H22N2OS2. The molecule has 0 bridgehead atoms. The SMILES string of the molecule is CCC1SCCSC1c1nc(CC(C)C)cc(=O)[nH]1. The lowest BCUT2D eigenvalue weighted by atomic mass is 10.1. The van der Waals surface area contributed by atoms with Gasteiger partial charge in [-0.3, -0.25) is 4.79 Å². The van der Waals surface area contributed by atoms with Crippen molar-refractivity contribution in [2.45, 2.75) is 44.1 Å². The summed E-state index contributed by atoms with van der Waals surface area (Å²) in [7, 11) is 0. The van der Waals surface area contributed by atoms with E-state index in [9.17, 15) is 4.79 Å². The number of aromatic nitrogens is 2. The fourth-order valence-corrected chi connectivity index (χ4v) is 5.36. The summed E-state index contributed by atoms with van der Waals surface area (Å²) in [5, 5.41) is 0.903. The molecule has 106 valence electrons. The van der Waals surface area contributed by atoms with E-state index >= 15 is 0 Å². The Bertz CT molecular complexity index is 473. The lowest BCUT2D eigenvalue weighted by Gasteiger charge is -2.29. The molecule has 5 heteroatoms. The second kappa shape index (κ2) is 6.84. The van der Waals surface area contributed by atoms with Crippen LogP contribution in [0.4, 0.5) is 0 Å². The second-order valence-electron chi connectivity index (χ2n) is 5.33. The first-order chi connectivity index (χ1) is 9.10. The van der Waals surface area contributed by atoms with Gasteiger partial charge < -0.3 is 4.98 Å². The van der Waals surface area contributed by atoms with Crippen LogP contribution in [0, 0.1) is 5.92 Å². The van der Waals surface area contributed by atoms with Gasteiger partial charge in [-0.1, -0.05) is 20.8 Å². The van der Waals surface area contributed by atoms with E-state index in [1.165, 1.54) is 5.75 Å². The van der Waals surface area contributed by atoms with Crippen LogP contribution in [-0.2, 0) is 6.42 Å². The van der Waals surface area contributed by atoms with E-state index in [4.69, 9.17) is 4.98 Å². The highest BCUT2D eigenvalue weighted by Gasteiger charge is 2.28. The van der Waals surface area contributed by atoms with Crippen LogP contribution in [0.15, 0.2) is 10.9 Å². The van der Waals surface area contributed by atoms with Gasteiger partial charge in [0.25, 0.3) is 5.56 Å². The van der Waals surface area contributed by atoms with Crippen LogP contribution in [0.25, 0.3) is 0 Å². The van der Waals surface area contributed by atoms with Crippen LogP contribution in [0.5, 0.6) is 0 Å². The van der Waals surface area contributed by atoms with E-state index in [1.807, 2.05) is 23.5 Å². The molecule has 1 fully saturated rings. The molecule has 0 aliphatic carbocycles. The third-order valence-electron chi connectivity index (χ3n) is 3.15. The van der Waals surface area contributed by atoms with Crippen LogP contribution in [0.3, 0.4) is 0 Å². The minimum Gasteiger partial charge on any atom is -0.310 e. The number of hydrogen-bond acceptors (Lipinski definition) is 4. The van der Waals surface area contributed by atoms with Crippen molar-refractivity contribution in [2.75, 3.05) is 11.5 Å². The van der Waals surface area contributed by atoms with Crippen molar-refractivity contribution in [3.05, 3.63) is 27.9 Å². The van der Waals surface area contributed by atoms with Gasteiger partial charge in [-0.05, 0) is 18.8 Å². The van der Waals surface area contributed by atoms with Crippen molar-refractivity contribution >= 4 is 23.5 Å². The monoisotopic (exact) mass is 298 g/mol. The highest BCUT2D eigenvalue weighted by atomic mass is 32.2. The summed E-state index contributed by atoms with van der Waals surface area (Å²) in [6.07, 6.45) is 2.00. The number of thioether (sulfide) groups is 2. The quantitative estimate of drug-likeness (QED) is 0.926. The molecule has 2 heterocycles. The molecule has 1 aromatic heterocycles. The maximum atomic E-state index is 11.8. The molecule has 1 saturated heterocycles. The summed E-state index contributed by atoms with van der Waals surface area (Å²) >= 11 is 3.94. The molecule has 2 unspecified atom stereocenters. The third-order valence-corrected chi connectivity index (χ3v) is 6.41. The average molecular weight is 298 g/mol. The van der Waals surface area contributed by atoms with Gasteiger partial charge in [0.15, 0.2) is 0 Å². The summed E-state index contributed by atoms with van der Waals surface area (Å²) in [5.74, 6) is 3.75. The highest BCUT2D eigenvalue weighted by Crippen LogP contribution is 2.42. The fourth-order valence-electron chi connectivity index (χ4n) is 2.34. The fraction of sp³-hybridized carbons (Fsp3) is 0.714. The predicted octanol–water partition coefficient (Wildman–Crippen LogP) is 3.27. The third kappa shape index (κ3) is 4.02. The minimum atomic E-state index is -0.00771. The summed E-state index contributed by atoms with van der Waals surface area (Å²) in [4.78, 5) is 19.5. The van der Waals surface area contributed by atoms with Crippen molar-refractivity contribution in [1.82, 2.24) is 9.97 Å². The molecule has 0 spiro atoms. The van der Waals surface area contributed by atoms with Crippen molar-refractivity contribution in [3.8, 4) is 0 Å². The Morgan fingerprint density at radius 3 is 2.84 bits per heavy atom. The standard InChI is InChI=1S/C14H22N2OS2/c1-4-11-13(19-6-5-18-11)14-15-10(7-9(2)3)8-12(17)16-14/h8-9,11,13H,4-7H2,1-3H3,(H,15,16,17). The van der Waals surface area contributed by atoms with Gasteiger partial charge in [0, 0.05) is 28.5 Å². The van der Waals surface area contributed by atoms with Crippen LogP contribution in [0.2, 0.25) is 0 Å². The van der Waals surface area contributed by atoms with Gasteiger partial charge in [-0.15, -0.1) is 11.8 Å². The van der Waals surface area contributed by atoms with Gasteiger partial charge in [0.1, 0.15) is 5.82 Å². The molecule has 2 rings (SSSR count). The predicted molar refractivity (Wildman–Crippen MR) is 85.1 cm³/mol. The molecule has 1 aromatic rings. The molecule has 0 radical (unpaired) electrons. The molecule has 0 aromatic carbocycles. The minimum absolute atomic E-state index is 0.00771. The van der Waals surface area contributed by atoms with E-state index < -0.39 is 0 Å². The van der Waals surface area contributed by atoms with E-state index in [2.05, 4.69) is 25.8 Å². The maximum absolute atomic E-state index is 11.8. The van der Waals surface area contributed by atoms with Gasteiger partial charge in [-0.25, -0.2) is 4.98 Å².